The van der Waals surface area contributed by atoms with Gasteiger partial charge in [-0.15, -0.1) is 0 Å². The molecule has 1 aliphatic heterocycles. The Hall–Kier alpha value is -3.35. The van der Waals surface area contributed by atoms with E-state index in [0.717, 1.165) is 16.6 Å². The van der Waals surface area contributed by atoms with Crippen molar-refractivity contribution >= 4 is 28.5 Å². The predicted octanol–water partition coefficient (Wildman–Crippen LogP) is 1.57. The number of fused-ring (bicyclic) bond motifs is 1. The van der Waals surface area contributed by atoms with E-state index in [1.54, 1.807) is 28.6 Å². The molecule has 0 atom stereocenters. The number of carbonyl (C=O) groups is 2. The molecule has 1 fully saturated rings. The Kier molecular flexibility index (Phi) is 4.96. The number of aryl methyl sites for hydroxylation is 1. The van der Waals surface area contributed by atoms with Crippen LogP contribution in [0.15, 0.2) is 48.5 Å². The third-order valence-electron chi connectivity index (χ3n) is 5.56. The molecule has 150 valence electrons. The van der Waals surface area contributed by atoms with Crippen LogP contribution in [0.4, 0.5) is 10.1 Å². The number of hydrogen-bond donors (Lipinski definition) is 0. The Morgan fingerprint density at radius 2 is 1.66 bits per heavy atom. The summed E-state index contributed by atoms with van der Waals surface area (Å²) < 4.78 is 14.7. The Labute approximate surface area is 167 Å². The maximum Gasteiger partial charge on any atom is 0.227 e. The van der Waals surface area contributed by atoms with Gasteiger partial charge in [0.1, 0.15) is 5.82 Å². The van der Waals surface area contributed by atoms with Crippen molar-refractivity contribution in [3.8, 4) is 0 Å². The van der Waals surface area contributed by atoms with E-state index >= 15 is 0 Å². The summed E-state index contributed by atoms with van der Waals surface area (Å²) in [5.41, 5.74) is 2.22. The van der Waals surface area contributed by atoms with E-state index in [2.05, 4.69) is 4.90 Å². The number of carboxylic acids is 1. The van der Waals surface area contributed by atoms with E-state index < -0.39 is 5.97 Å². The monoisotopic (exact) mass is 394 g/mol. The molecule has 3 aromatic rings. The highest BCUT2D eigenvalue weighted by atomic mass is 19.1. The number of halogens is 1. The molecule has 0 N–H and O–H groups in total. The van der Waals surface area contributed by atoms with Crippen molar-refractivity contribution in [1.82, 2.24) is 9.47 Å². The second-order valence-electron chi connectivity index (χ2n) is 7.21. The largest absolute Gasteiger partial charge is 0.543 e. The van der Waals surface area contributed by atoms with Crippen molar-refractivity contribution in [2.75, 3.05) is 31.1 Å². The molecule has 0 bridgehead atoms. The van der Waals surface area contributed by atoms with Gasteiger partial charge in [0.2, 0.25) is 5.91 Å². The van der Waals surface area contributed by atoms with Gasteiger partial charge in [-0.05, 0) is 35.9 Å². The molecule has 4 rings (SSSR count). The summed E-state index contributed by atoms with van der Waals surface area (Å²) in [6.07, 6.45) is 0.0151. The fraction of sp³-hybridized carbons (Fsp3) is 0.273. The zero-order chi connectivity index (χ0) is 20.5. The second-order valence-corrected chi connectivity index (χ2v) is 7.21. The first-order valence-corrected chi connectivity index (χ1v) is 9.51. The van der Waals surface area contributed by atoms with E-state index in [0.29, 0.717) is 31.7 Å². The molecule has 2 heterocycles. The van der Waals surface area contributed by atoms with Crippen molar-refractivity contribution in [3.63, 3.8) is 0 Å². The third kappa shape index (κ3) is 3.55. The van der Waals surface area contributed by atoms with Crippen LogP contribution in [0.25, 0.3) is 10.9 Å². The summed E-state index contributed by atoms with van der Waals surface area (Å²) in [5, 5.41) is 12.5. The van der Waals surface area contributed by atoms with Crippen molar-refractivity contribution in [2.45, 2.75) is 6.42 Å². The van der Waals surface area contributed by atoms with Gasteiger partial charge in [-0.3, -0.25) is 4.79 Å². The van der Waals surface area contributed by atoms with E-state index in [4.69, 9.17) is 0 Å². The van der Waals surface area contributed by atoms with Crippen LogP contribution in [0.3, 0.4) is 0 Å². The summed E-state index contributed by atoms with van der Waals surface area (Å²) in [4.78, 5) is 28.5. The van der Waals surface area contributed by atoms with E-state index in [-0.39, 0.29) is 23.8 Å². The van der Waals surface area contributed by atoms with E-state index in [1.165, 1.54) is 12.1 Å². The van der Waals surface area contributed by atoms with Crippen molar-refractivity contribution in [1.29, 1.82) is 0 Å². The molecule has 1 aliphatic rings. The van der Waals surface area contributed by atoms with Crippen LogP contribution in [-0.2, 0) is 18.3 Å². The van der Waals surface area contributed by atoms with Crippen molar-refractivity contribution < 1.29 is 19.1 Å². The predicted molar refractivity (Wildman–Crippen MR) is 106 cm³/mol. The summed E-state index contributed by atoms with van der Waals surface area (Å²) in [7, 11) is 1.67. The number of rotatable bonds is 4. The summed E-state index contributed by atoms with van der Waals surface area (Å²) in [6, 6.07) is 13.6. The highest BCUT2D eigenvalue weighted by molar-refractivity contribution is 6.00. The summed E-state index contributed by atoms with van der Waals surface area (Å²) >= 11 is 0. The summed E-state index contributed by atoms with van der Waals surface area (Å²) in [5.74, 6) is -1.67. The van der Waals surface area contributed by atoms with Crippen LogP contribution in [0.2, 0.25) is 0 Å². The smallest absolute Gasteiger partial charge is 0.227 e. The quantitative estimate of drug-likeness (QED) is 0.674. The number of amides is 1. The minimum absolute atomic E-state index is 0.0151. The lowest BCUT2D eigenvalue weighted by Crippen LogP contribution is -2.49. The van der Waals surface area contributed by atoms with Crippen LogP contribution in [0.5, 0.6) is 0 Å². The van der Waals surface area contributed by atoms with Gasteiger partial charge in [-0.2, -0.15) is 0 Å². The number of carbonyl (C=O) groups excluding carboxylic acids is 2. The van der Waals surface area contributed by atoms with Gasteiger partial charge in [0.15, 0.2) is 0 Å². The number of benzene rings is 2. The molecule has 1 saturated heterocycles. The standard InChI is InChI=1S/C22H22FN3O3/c1-24-19-5-3-2-4-17(19)18(21(24)22(28)29)14-20(27)26-12-10-25(11-13-26)16-8-6-15(23)7-9-16/h2-9H,10-14H2,1H3,(H,28,29)/p-1. The van der Waals surface area contributed by atoms with Crippen LogP contribution >= 0.6 is 0 Å². The minimum Gasteiger partial charge on any atom is -0.543 e. The molecule has 0 unspecified atom stereocenters. The molecule has 0 radical (unpaired) electrons. The number of anilines is 1. The average molecular weight is 394 g/mol. The first-order chi connectivity index (χ1) is 14.0. The first kappa shape index (κ1) is 19.0. The fourth-order valence-corrected chi connectivity index (χ4v) is 4.04. The maximum absolute atomic E-state index is 13.1. The molecule has 29 heavy (non-hydrogen) atoms. The van der Waals surface area contributed by atoms with Gasteiger partial charge in [-0.25, -0.2) is 4.39 Å². The Morgan fingerprint density at radius 1 is 1.00 bits per heavy atom. The van der Waals surface area contributed by atoms with Crippen LogP contribution in [-0.4, -0.2) is 47.5 Å². The molecule has 0 aliphatic carbocycles. The molecule has 1 aromatic heterocycles. The SMILES string of the molecule is Cn1c(C(=O)[O-])c(CC(=O)N2CCN(c3ccc(F)cc3)CC2)c2ccccc21. The molecule has 2 aromatic carbocycles. The molecular formula is C22H21FN3O3-. The molecule has 6 nitrogen and oxygen atoms in total. The van der Waals surface area contributed by atoms with Gasteiger partial charge in [-0.1, -0.05) is 18.2 Å². The zero-order valence-corrected chi connectivity index (χ0v) is 16.1. The normalized spacial score (nSPS) is 14.4. The lowest BCUT2D eigenvalue weighted by Gasteiger charge is -2.36. The highest BCUT2D eigenvalue weighted by Gasteiger charge is 2.24. The minimum atomic E-state index is -1.28. The van der Waals surface area contributed by atoms with Crippen molar-refractivity contribution in [3.05, 3.63) is 65.6 Å². The van der Waals surface area contributed by atoms with Gasteiger partial charge in [0.25, 0.3) is 0 Å². The first-order valence-electron chi connectivity index (χ1n) is 9.51. The fourth-order valence-electron chi connectivity index (χ4n) is 4.04. The second kappa shape index (κ2) is 7.58. The Bertz CT molecular complexity index is 1070. The average Bonchev–Trinajstić information content (AvgIpc) is 3.01. The third-order valence-corrected chi connectivity index (χ3v) is 5.56. The molecule has 7 heteroatoms. The number of aromatic carboxylic acids is 1. The molecule has 1 amide bonds. The Balaban J connectivity index is 1.50. The topological polar surface area (TPSA) is 68.6 Å². The number of aromatic nitrogens is 1. The number of nitrogens with zero attached hydrogens (tertiary/aromatic N) is 3. The number of piperazine rings is 1. The van der Waals surface area contributed by atoms with Gasteiger partial charge < -0.3 is 24.3 Å². The maximum atomic E-state index is 13.1. The Morgan fingerprint density at radius 3 is 2.31 bits per heavy atom. The number of para-hydroxylation sites is 1. The molecular weight excluding hydrogens is 373 g/mol. The van der Waals surface area contributed by atoms with Crippen molar-refractivity contribution in [2.24, 2.45) is 7.05 Å². The lowest BCUT2D eigenvalue weighted by molar-refractivity contribution is -0.255. The molecule has 0 saturated carbocycles. The zero-order valence-electron chi connectivity index (χ0n) is 16.1. The van der Waals surface area contributed by atoms with Gasteiger partial charge in [0.05, 0.1) is 18.1 Å². The van der Waals surface area contributed by atoms with Crippen LogP contribution in [0.1, 0.15) is 16.1 Å². The number of hydrogen-bond acceptors (Lipinski definition) is 4. The lowest BCUT2D eigenvalue weighted by atomic mass is 10.1. The summed E-state index contributed by atoms with van der Waals surface area (Å²) in [6.45, 7) is 2.34. The highest BCUT2D eigenvalue weighted by Crippen LogP contribution is 2.26. The van der Waals surface area contributed by atoms with Crippen LogP contribution in [0, 0.1) is 5.82 Å². The van der Waals surface area contributed by atoms with E-state index in [9.17, 15) is 19.1 Å². The number of carboxylic acid groups (broad SMARTS) is 1. The van der Waals surface area contributed by atoms with Gasteiger partial charge in [0, 0.05) is 49.8 Å². The van der Waals surface area contributed by atoms with E-state index in [1.807, 2.05) is 24.3 Å². The molecule has 0 spiro atoms. The van der Waals surface area contributed by atoms with Gasteiger partial charge >= 0.3 is 0 Å². The van der Waals surface area contributed by atoms with Crippen LogP contribution < -0.4 is 10.0 Å².